The highest BCUT2D eigenvalue weighted by molar-refractivity contribution is 6.01. The van der Waals surface area contributed by atoms with E-state index in [9.17, 15) is 4.79 Å². The van der Waals surface area contributed by atoms with Crippen LogP contribution in [-0.4, -0.2) is 30.5 Å². The number of carbonyl (C=O) groups is 1. The molecule has 2 rings (SSSR count). The number of hydrogen-bond acceptors (Lipinski definition) is 4. The van der Waals surface area contributed by atoms with Gasteiger partial charge in [0.1, 0.15) is 11.9 Å². The zero-order valence-electron chi connectivity index (χ0n) is 12.7. The Morgan fingerprint density at radius 3 is 2.85 bits per heavy atom. The molecule has 1 aliphatic heterocycles. The van der Waals surface area contributed by atoms with Crippen molar-refractivity contribution >= 4 is 11.5 Å². The lowest BCUT2D eigenvalue weighted by Crippen LogP contribution is -2.38. The largest absolute Gasteiger partial charge is 0.486 e. The number of carbonyl (C=O) groups excluding carboxylic acids is 1. The molecule has 0 radical (unpaired) electrons. The molecular formula is C16H24N2O2. The minimum atomic E-state index is -0.180. The zero-order chi connectivity index (χ0) is 14.7. The van der Waals surface area contributed by atoms with Gasteiger partial charge < -0.3 is 15.4 Å². The molecule has 1 aliphatic rings. The molecule has 0 aromatic heterocycles. The van der Waals surface area contributed by atoms with E-state index in [-0.39, 0.29) is 17.9 Å². The minimum absolute atomic E-state index is 0.112. The van der Waals surface area contributed by atoms with E-state index in [2.05, 4.69) is 17.6 Å². The fraction of sp³-hybridized carbons (Fsp3) is 0.562. The lowest BCUT2D eigenvalue weighted by Gasteiger charge is -2.27. The van der Waals surface area contributed by atoms with Gasteiger partial charge in [-0.05, 0) is 31.5 Å². The maximum absolute atomic E-state index is 12.4. The number of nitrogens with one attached hydrogen (secondary N) is 2. The van der Waals surface area contributed by atoms with Crippen molar-refractivity contribution in [1.29, 1.82) is 0 Å². The summed E-state index contributed by atoms with van der Waals surface area (Å²) in [6, 6.07) is 5.74. The summed E-state index contributed by atoms with van der Waals surface area (Å²) in [5.74, 6) is 0.949. The highest BCUT2D eigenvalue weighted by Crippen LogP contribution is 2.30. The average molecular weight is 276 g/mol. The Hall–Kier alpha value is -1.55. The zero-order valence-corrected chi connectivity index (χ0v) is 12.7. The third-order valence-electron chi connectivity index (χ3n) is 3.51. The quantitative estimate of drug-likeness (QED) is 0.812. The molecule has 0 saturated carbocycles. The first-order chi connectivity index (χ1) is 9.51. The molecule has 2 unspecified atom stereocenters. The SMILES string of the molecule is CCC1CNc2cc(C(=O)C(C)NC(C)C)ccc2O1. The molecule has 2 atom stereocenters. The van der Waals surface area contributed by atoms with E-state index in [1.807, 2.05) is 39.0 Å². The molecule has 110 valence electrons. The summed E-state index contributed by atoms with van der Waals surface area (Å²) >= 11 is 0. The van der Waals surface area contributed by atoms with Gasteiger partial charge >= 0.3 is 0 Å². The number of benzene rings is 1. The number of fused-ring (bicyclic) bond motifs is 1. The van der Waals surface area contributed by atoms with E-state index in [0.717, 1.165) is 30.0 Å². The van der Waals surface area contributed by atoms with Gasteiger partial charge in [0, 0.05) is 11.6 Å². The van der Waals surface area contributed by atoms with E-state index in [0.29, 0.717) is 6.04 Å². The molecule has 0 bridgehead atoms. The molecule has 4 heteroatoms. The van der Waals surface area contributed by atoms with Crippen molar-refractivity contribution in [1.82, 2.24) is 5.32 Å². The van der Waals surface area contributed by atoms with E-state index in [1.54, 1.807) is 0 Å². The van der Waals surface area contributed by atoms with Gasteiger partial charge in [0.15, 0.2) is 5.78 Å². The van der Waals surface area contributed by atoms with Gasteiger partial charge in [-0.25, -0.2) is 0 Å². The number of anilines is 1. The molecule has 1 aromatic carbocycles. The van der Waals surface area contributed by atoms with Crippen molar-refractivity contribution in [3.8, 4) is 5.75 Å². The Labute approximate surface area is 120 Å². The van der Waals surface area contributed by atoms with Crippen LogP contribution >= 0.6 is 0 Å². The van der Waals surface area contributed by atoms with Gasteiger partial charge in [0.05, 0.1) is 18.3 Å². The molecule has 1 heterocycles. The van der Waals surface area contributed by atoms with Crippen LogP contribution < -0.4 is 15.4 Å². The van der Waals surface area contributed by atoms with Crippen LogP contribution in [0.5, 0.6) is 5.75 Å². The van der Waals surface area contributed by atoms with Crippen LogP contribution in [-0.2, 0) is 0 Å². The molecule has 2 N–H and O–H groups in total. The van der Waals surface area contributed by atoms with E-state index >= 15 is 0 Å². The first kappa shape index (κ1) is 14.9. The van der Waals surface area contributed by atoms with Crippen LogP contribution in [0.15, 0.2) is 18.2 Å². The van der Waals surface area contributed by atoms with Crippen LogP contribution in [0.1, 0.15) is 44.5 Å². The number of ketones is 1. The molecule has 4 nitrogen and oxygen atoms in total. The Morgan fingerprint density at radius 1 is 1.45 bits per heavy atom. The summed E-state index contributed by atoms with van der Waals surface area (Å²) < 4.78 is 5.85. The third kappa shape index (κ3) is 3.31. The van der Waals surface area contributed by atoms with Gasteiger partial charge in [-0.1, -0.05) is 20.8 Å². The van der Waals surface area contributed by atoms with Gasteiger partial charge in [0.2, 0.25) is 0 Å². The molecule has 0 spiro atoms. The molecule has 0 amide bonds. The standard InChI is InChI=1S/C16H24N2O2/c1-5-13-9-17-14-8-12(6-7-15(14)20-13)16(19)11(4)18-10(2)3/h6-8,10-11,13,17-18H,5,9H2,1-4H3. The Balaban J connectivity index is 2.13. The maximum atomic E-state index is 12.4. The molecule has 0 aliphatic carbocycles. The summed E-state index contributed by atoms with van der Waals surface area (Å²) in [7, 11) is 0. The second-order valence-electron chi connectivity index (χ2n) is 5.65. The third-order valence-corrected chi connectivity index (χ3v) is 3.51. The summed E-state index contributed by atoms with van der Waals surface area (Å²) in [5.41, 5.74) is 1.63. The normalized spacial score (nSPS) is 18.9. The van der Waals surface area contributed by atoms with Crippen LogP contribution in [0.25, 0.3) is 0 Å². The van der Waals surface area contributed by atoms with E-state index < -0.39 is 0 Å². The van der Waals surface area contributed by atoms with Crippen LogP contribution in [0.2, 0.25) is 0 Å². The van der Waals surface area contributed by atoms with Gasteiger partial charge in [-0.2, -0.15) is 0 Å². The maximum Gasteiger partial charge on any atom is 0.179 e. The highest BCUT2D eigenvalue weighted by Gasteiger charge is 2.21. The number of rotatable bonds is 5. The summed E-state index contributed by atoms with van der Waals surface area (Å²) in [6.45, 7) is 8.88. The van der Waals surface area contributed by atoms with Crippen molar-refractivity contribution < 1.29 is 9.53 Å². The predicted molar refractivity (Wildman–Crippen MR) is 81.7 cm³/mol. The molecule has 1 aromatic rings. The molecular weight excluding hydrogens is 252 g/mol. The summed E-state index contributed by atoms with van der Waals surface area (Å²) in [5, 5.41) is 6.58. The van der Waals surface area contributed by atoms with E-state index in [1.165, 1.54) is 0 Å². The highest BCUT2D eigenvalue weighted by atomic mass is 16.5. The predicted octanol–water partition coefficient (Wildman–Crippen LogP) is 2.84. The van der Waals surface area contributed by atoms with Crippen LogP contribution in [0.3, 0.4) is 0 Å². The Bertz CT molecular complexity index is 485. The Morgan fingerprint density at radius 2 is 2.20 bits per heavy atom. The smallest absolute Gasteiger partial charge is 0.179 e. The minimum Gasteiger partial charge on any atom is -0.486 e. The second kappa shape index (κ2) is 6.27. The van der Waals surface area contributed by atoms with Crippen molar-refractivity contribution in [3.05, 3.63) is 23.8 Å². The van der Waals surface area contributed by atoms with Gasteiger partial charge in [0.25, 0.3) is 0 Å². The first-order valence-electron chi connectivity index (χ1n) is 7.36. The van der Waals surface area contributed by atoms with Crippen LogP contribution in [0, 0.1) is 0 Å². The topological polar surface area (TPSA) is 50.4 Å². The number of hydrogen-bond donors (Lipinski definition) is 2. The molecule has 0 saturated heterocycles. The summed E-state index contributed by atoms with van der Waals surface area (Å²) in [4.78, 5) is 12.4. The summed E-state index contributed by atoms with van der Waals surface area (Å²) in [6.07, 6.45) is 1.19. The molecule has 0 fully saturated rings. The van der Waals surface area contributed by atoms with Crippen molar-refractivity contribution in [2.24, 2.45) is 0 Å². The monoisotopic (exact) mass is 276 g/mol. The fourth-order valence-electron chi connectivity index (χ4n) is 2.42. The van der Waals surface area contributed by atoms with Gasteiger partial charge in [-0.15, -0.1) is 0 Å². The van der Waals surface area contributed by atoms with Crippen molar-refractivity contribution in [2.75, 3.05) is 11.9 Å². The number of ether oxygens (including phenoxy) is 1. The lowest BCUT2D eigenvalue weighted by atomic mass is 10.0. The first-order valence-corrected chi connectivity index (χ1v) is 7.36. The van der Waals surface area contributed by atoms with Crippen LogP contribution in [0.4, 0.5) is 5.69 Å². The second-order valence-corrected chi connectivity index (χ2v) is 5.65. The van der Waals surface area contributed by atoms with Crippen molar-refractivity contribution in [2.45, 2.75) is 52.3 Å². The average Bonchev–Trinajstić information content (AvgIpc) is 2.44. The molecule has 20 heavy (non-hydrogen) atoms. The lowest BCUT2D eigenvalue weighted by molar-refractivity contribution is 0.0946. The number of Topliss-reactive ketones (excluding diaryl/α,β-unsaturated/α-hetero) is 1. The fourth-order valence-corrected chi connectivity index (χ4v) is 2.42. The Kier molecular flexibility index (Phi) is 4.65. The van der Waals surface area contributed by atoms with Gasteiger partial charge in [-0.3, -0.25) is 4.79 Å². The van der Waals surface area contributed by atoms with Crippen molar-refractivity contribution in [3.63, 3.8) is 0 Å². The van der Waals surface area contributed by atoms with E-state index in [4.69, 9.17) is 4.74 Å².